The first-order valence-electron chi connectivity index (χ1n) is 5.80. The van der Waals surface area contributed by atoms with Crippen LogP contribution in [0, 0.1) is 0 Å². The van der Waals surface area contributed by atoms with Gasteiger partial charge >= 0.3 is 0 Å². The van der Waals surface area contributed by atoms with Gasteiger partial charge in [0.15, 0.2) is 6.73 Å². The van der Waals surface area contributed by atoms with E-state index in [0.29, 0.717) is 6.73 Å². The minimum absolute atomic E-state index is 0.250. The lowest BCUT2D eigenvalue weighted by molar-refractivity contribution is -0.905. The van der Waals surface area contributed by atoms with Crippen molar-refractivity contribution in [2.24, 2.45) is 0 Å². The molecule has 1 atom stereocenters. The molecule has 1 aromatic carbocycles. The van der Waals surface area contributed by atoms with Gasteiger partial charge in [-0.05, 0) is 25.1 Å². The minimum atomic E-state index is -0.250. The summed E-state index contributed by atoms with van der Waals surface area (Å²) < 4.78 is 12.0. The zero-order chi connectivity index (χ0) is 12.7. The van der Waals surface area contributed by atoms with Crippen LogP contribution in [-0.4, -0.2) is 38.1 Å². The number of hydrogen-bond donors (Lipinski definition) is 0. The summed E-state index contributed by atoms with van der Waals surface area (Å²) >= 11 is 0. The third kappa shape index (κ3) is 5.52. The van der Waals surface area contributed by atoms with E-state index in [1.807, 2.05) is 43.3 Å². The van der Waals surface area contributed by atoms with Gasteiger partial charge in [-0.3, -0.25) is 4.74 Å². The fourth-order valence-electron chi connectivity index (χ4n) is 1.43. The van der Waals surface area contributed by atoms with Crippen LogP contribution in [-0.2, 0) is 4.74 Å². The lowest BCUT2D eigenvalue weighted by Gasteiger charge is -2.29. The van der Waals surface area contributed by atoms with E-state index in [0.717, 1.165) is 16.8 Å². The van der Waals surface area contributed by atoms with E-state index in [4.69, 9.17) is 9.47 Å². The fourth-order valence-corrected chi connectivity index (χ4v) is 1.43. The van der Waals surface area contributed by atoms with E-state index in [2.05, 4.69) is 20.7 Å². The smallest absolute Gasteiger partial charge is 0.202 e. The lowest BCUT2D eigenvalue weighted by Crippen LogP contribution is -2.43. The van der Waals surface area contributed by atoms with Crippen LogP contribution in [0.15, 0.2) is 43.0 Å². The maximum Gasteiger partial charge on any atom is 0.202 e. The first-order valence-corrected chi connectivity index (χ1v) is 5.80. The minimum Gasteiger partial charge on any atom is -0.465 e. The molecule has 0 spiro atoms. The molecule has 0 heterocycles. The summed E-state index contributed by atoms with van der Waals surface area (Å²) in [5, 5.41) is 0. The van der Waals surface area contributed by atoms with Crippen LogP contribution in [0.3, 0.4) is 0 Å². The van der Waals surface area contributed by atoms with Gasteiger partial charge in [0.1, 0.15) is 5.75 Å². The van der Waals surface area contributed by atoms with Crippen molar-refractivity contribution < 1.29 is 14.0 Å². The normalized spacial score (nSPS) is 13.1. The van der Waals surface area contributed by atoms with Crippen LogP contribution in [0.25, 0.3) is 0 Å². The number of likely N-dealkylation sites (N-methyl/N-ethyl adjacent to an activating group) is 1. The maximum atomic E-state index is 5.67. The summed E-state index contributed by atoms with van der Waals surface area (Å²) in [6.07, 6.45) is 1.64. The van der Waals surface area contributed by atoms with Gasteiger partial charge in [0.2, 0.25) is 6.29 Å². The maximum absolute atomic E-state index is 5.67. The Morgan fingerprint density at radius 2 is 1.94 bits per heavy atom. The average Bonchev–Trinajstić information content (AvgIpc) is 2.28. The molecule has 0 aliphatic rings. The van der Waals surface area contributed by atoms with E-state index in [-0.39, 0.29) is 6.29 Å². The van der Waals surface area contributed by atoms with Crippen LogP contribution in [0.1, 0.15) is 6.92 Å². The Bertz CT molecular complexity index is 335. The highest BCUT2D eigenvalue weighted by molar-refractivity contribution is 5.20. The highest BCUT2D eigenvalue weighted by Gasteiger charge is 2.15. The summed E-state index contributed by atoms with van der Waals surface area (Å²) in [7, 11) is 4.19. The number of para-hydroxylation sites is 1. The zero-order valence-electron chi connectivity index (χ0n) is 10.9. The van der Waals surface area contributed by atoms with E-state index < -0.39 is 0 Å². The van der Waals surface area contributed by atoms with E-state index in [1.165, 1.54) is 0 Å². The highest BCUT2D eigenvalue weighted by Crippen LogP contribution is 2.11. The molecule has 0 fully saturated rings. The molecule has 1 aromatic rings. The molecule has 0 bridgehead atoms. The molecule has 0 radical (unpaired) electrons. The molecule has 0 saturated carbocycles. The Hall–Kier alpha value is -1.32. The molecule has 3 heteroatoms. The largest absolute Gasteiger partial charge is 0.465 e. The van der Waals surface area contributed by atoms with E-state index in [9.17, 15) is 0 Å². The number of hydrogen-bond acceptors (Lipinski definition) is 2. The van der Waals surface area contributed by atoms with Gasteiger partial charge in [-0.1, -0.05) is 24.8 Å². The monoisotopic (exact) mass is 236 g/mol. The fraction of sp³-hybridized carbons (Fsp3) is 0.429. The third-order valence-electron chi connectivity index (χ3n) is 2.33. The van der Waals surface area contributed by atoms with Crippen molar-refractivity contribution in [3.8, 4) is 5.75 Å². The molecule has 94 valence electrons. The summed E-state index contributed by atoms with van der Waals surface area (Å²) in [6.45, 7) is 7.11. The number of benzene rings is 1. The molecular weight excluding hydrogens is 214 g/mol. The van der Waals surface area contributed by atoms with Crippen LogP contribution < -0.4 is 4.74 Å². The van der Waals surface area contributed by atoms with Gasteiger partial charge in [-0.2, -0.15) is 0 Å². The molecule has 0 amide bonds. The summed E-state index contributed by atoms with van der Waals surface area (Å²) in [5.74, 6) is 0.828. The van der Waals surface area contributed by atoms with Crippen molar-refractivity contribution in [1.82, 2.24) is 0 Å². The van der Waals surface area contributed by atoms with Gasteiger partial charge in [-0.25, -0.2) is 0 Å². The second-order valence-corrected chi connectivity index (χ2v) is 4.70. The van der Waals surface area contributed by atoms with Crippen molar-refractivity contribution in [3.63, 3.8) is 0 Å². The predicted molar refractivity (Wildman–Crippen MR) is 69.7 cm³/mol. The summed E-state index contributed by atoms with van der Waals surface area (Å²) in [6, 6.07) is 9.69. The standard InChI is InChI=1S/C14H22NO2/c1-5-11-15(3,4)12-16-13(2)17-14-9-7-6-8-10-14/h5-10,13H,1,11-12H2,2-4H3/q+1. The molecule has 3 nitrogen and oxygen atoms in total. The van der Waals surface area contributed by atoms with Crippen molar-refractivity contribution in [3.05, 3.63) is 43.0 Å². The zero-order valence-corrected chi connectivity index (χ0v) is 10.9. The Balaban J connectivity index is 2.35. The third-order valence-corrected chi connectivity index (χ3v) is 2.33. The van der Waals surface area contributed by atoms with Crippen LogP contribution in [0.4, 0.5) is 0 Å². The SMILES string of the molecule is C=CC[N+](C)(C)COC(C)Oc1ccccc1. The topological polar surface area (TPSA) is 18.5 Å². The summed E-state index contributed by atoms with van der Waals surface area (Å²) in [5.41, 5.74) is 0. The first-order chi connectivity index (χ1) is 8.03. The Kier molecular flexibility index (Phi) is 5.19. The van der Waals surface area contributed by atoms with Crippen molar-refractivity contribution in [2.75, 3.05) is 27.4 Å². The Morgan fingerprint density at radius 3 is 2.53 bits per heavy atom. The lowest BCUT2D eigenvalue weighted by atomic mass is 10.3. The van der Waals surface area contributed by atoms with Crippen molar-refractivity contribution in [1.29, 1.82) is 0 Å². The van der Waals surface area contributed by atoms with Crippen molar-refractivity contribution >= 4 is 0 Å². The van der Waals surface area contributed by atoms with Gasteiger partial charge < -0.3 is 9.22 Å². The molecule has 1 rings (SSSR count). The van der Waals surface area contributed by atoms with Crippen LogP contribution >= 0.6 is 0 Å². The number of quaternary nitrogens is 1. The van der Waals surface area contributed by atoms with Crippen LogP contribution in [0.2, 0.25) is 0 Å². The number of nitrogens with zero attached hydrogens (tertiary/aromatic N) is 1. The molecule has 0 aliphatic carbocycles. The second kappa shape index (κ2) is 6.42. The molecule has 0 N–H and O–H groups in total. The van der Waals surface area contributed by atoms with Gasteiger partial charge in [0, 0.05) is 0 Å². The molecule has 0 saturated heterocycles. The number of ether oxygens (including phenoxy) is 2. The van der Waals surface area contributed by atoms with Crippen LogP contribution in [0.5, 0.6) is 5.75 Å². The van der Waals surface area contributed by atoms with E-state index >= 15 is 0 Å². The van der Waals surface area contributed by atoms with Gasteiger partial charge in [-0.15, -0.1) is 0 Å². The molecule has 17 heavy (non-hydrogen) atoms. The quantitative estimate of drug-likeness (QED) is 0.411. The molecule has 1 unspecified atom stereocenters. The van der Waals surface area contributed by atoms with Crippen molar-refractivity contribution in [2.45, 2.75) is 13.2 Å². The van der Waals surface area contributed by atoms with Gasteiger partial charge in [0.05, 0.1) is 20.6 Å². The highest BCUT2D eigenvalue weighted by atomic mass is 16.7. The second-order valence-electron chi connectivity index (χ2n) is 4.70. The first kappa shape index (κ1) is 13.7. The Labute approximate surface area is 104 Å². The average molecular weight is 236 g/mol. The summed E-state index contributed by atoms with van der Waals surface area (Å²) in [4.78, 5) is 0. The van der Waals surface area contributed by atoms with E-state index in [1.54, 1.807) is 0 Å². The molecule has 0 aromatic heterocycles. The molecular formula is C14H22NO2+. The number of rotatable bonds is 7. The van der Waals surface area contributed by atoms with Gasteiger partial charge in [0.25, 0.3) is 0 Å². The predicted octanol–water partition coefficient (Wildman–Crippen LogP) is 2.65. The Morgan fingerprint density at radius 1 is 1.29 bits per heavy atom. The molecule has 0 aliphatic heterocycles.